The lowest BCUT2D eigenvalue weighted by Gasteiger charge is -2.17. The highest BCUT2D eigenvalue weighted by Gasteiger charge is 2.27. The Morgan fingerprint density at radius 1 is 1.36 bits per heavy atom. The van der Waals surface area contributed by atoms with Gasteiger partial charge in [0, 0.05) is 16.4 Å². The van der Waals surface area contributed by atoms with Crippen LogP contribution in [0.25, 0.3) is 0 Å². The molecule has 0 unspecified atom stereocenters. The Balaban J connectivity index is 2.17. The second-order valence-corrected chi connectivity index (χ2v) is 4.61. The van der Waals surface area contributed by atoms with Crippen LogP contribution in [-0.2, 0) is 0 Å². The van der Waals surface area contributed by atoms with Crippen LogP contribution < -0.4 is 5.32 Å². The topological polar surface area (TPSA) is 32.3 Å². The Morgan fingerprint density at radius 2 is 2.07 bits per heavy atom. The van der Waals surface area contributed by atoms with Crippen LogP contribution in [0.4, 0.5) is 0 Å². The van der Waals surface area contributed by atoms with E-state index >= 15 is 0 Å². The van der Waals surface area contributed by atoms with Gasteiger partial charge in [0.2, 0.25) is 0 Å². The molecule has 76 valence electrons. The first-order valence-corrected chi connectivity index (χ1v) is 5.70. The highest BCUT2D eigenvalue weighted by Crippen LogP contribution is 2.28. The lowest BCUT2D eigenvalue weighted by atomic mass is 9.92. The maximum absolute atomic E-state index is 9.18. The van der Waals surface area contributed by atoms with Crippen molar-refractivity contribution in [3.8, 4) is 0 Å². The van der Waals surface area contributed by atoms with Crippen LogP contribution in [0, 0.1) is 0 Å². The Labute approximate surface area is 92.5 Å². The van der Waals surface area contributed by atoms with Crippen molar-refractivity contribution in [2.45, 2.75) is 18.4 Å². The summed E-state index contributed by atoms with van der Waals surface area (Å²) in [7, 11) is 0. The fraction of sp³-hybridized carbons (Fsp3) is 0.455. The second-order valence-electron chi connectivity index (χ2n) is 3.69. The molecule has 2 atom stereocenters. The molecule has 0 aliphatic carbocycles. The minimum atomic E-state index is 0.223. The fourth-order valence-electron chi connectivity index (χ4n) is 2.07. The maximum atomic E-state index is 9.18. The van der Waals surface area contributed by atoms with E-state index in [1.807, 2.05) is 0 Å². The summed E-state index contributed by atoms with van der Waals surface area (Å²) in [5, 5.41) is 12.5. The molecule has 14 heavy (non-hydrogen) atoms. The molecule has 2 nitrogen and oxygen atoms in total. The predicted octanol–water partition coefficient (Wildman–Crippen LogP) is 1.89. The average Bonchev–Trinajstić information content (AvgIpc) is 2.67. The molecule has 3 heteroatoms. The molecule has 1 heterocycles. The van der Waals surface area contributed by atoms with E-state index in [0.29, 0.717) is 5.92 Å². The minimum absolute atomic E-state index is 0.223. The first-order chi connectivity index (χ1) is 6.81. The third kappa shape index (κ3) is 2.00. The van der Waals surface area contributed by atoms with Gasteiger partial charge in [0.25, 0.3) is 0 Å². The molecule has 1 fully saturated rings. The molecule has 1 aromatic rings. The molecule has 1 aliphatic rings. The number of aliphatic hydroxyl groups excluding tert-OH is 1. The first-order valence-electron chi connectivity index (χ1n) is 4.91. The van der Waals surface area contributed by atoms with Crippen LogP contribution in [-0.4, -0.2) is 24.3 Å². The summed E-state index contributed by atoms with van der Waals surface area (Å²) < 4.78 is 1.10. The monoisotopic (exact) mass is 255 g/mol. The lowest BCUT2D eigenvalue weighted by Crippen LogP contribution is -2.29. The van der Waals surface area contributed by atoms with Crippen molar-refractivity contribution in [3.05, 3.63) is 34.3 Å². The second kappa shape index (κ2) is 4.43. The van der Waals surface area contributed by atoms with Crippen LogP contribution in [0.2, 0.25) is 0 Å². The predicted molar refractivity (Wildman–Crippen MR) is 60.4 cm³/mol. The zero-order valence-electron chi connectivity index (χ0n) is 7.91. The standard InChI is InChI=1S/C11H14BrNO/c12-9-3-1-8(2-4-9)10-5-6-13-11(10)7-14/h1-4,10-11,13-14H,5-7H2/t10-,11+/m0/s1. The zero-order valence-corrected chi connectivity index (χ0v) is 9.50. The number of rotatable bonds is 2. The molecular weight excluding hydrogens is 242 g/mol. The van der Waals surface area contributed by atoms with Gasteiger partial charge in [-0.25, -0.2) is 0 Å². The molecular formula is C11H14BrNO. The van der Waals surface area contributed by atoms with Crippen LogP contribution >= 0.6 is 15.9 Å². The molecule has 0 radical (unpaired) electrons. The van der Waals surface area contributed by atoms with E-state index in [0.717, 1.165) is 17.4 Å². The van der Waals surface area contributed by atoms with Crippen molar-refractivity contribution in [1.82, 2.24) is 5.32 Å². The Hall–Kier alpha value is -0.380. The van der Waals surface area contributed by atoms with Crippen molar-refractivity contribution >= 4 is 15.9 Å². The van der Waals surface area contributed by atoms with E-state index in [9.17, 15) is 5.11 Å². The van der Waals surface area contributed by atoms with E-state index in [4.69, 9.17) is 0 Å². The highest BCUT2D eigenvalue weighted by atomic mass is 79.9. The number of nitrogens with one attached hydrogen (secondary N) is 1. The summed E-state index contributed by atoms with van der Waals surface area (Å²) in [5.41, 5.74) is 1.32. The van der Waals surface area contributed by atoms with Gasteiger partial charge < -0.3 is 10.4 Å². The number of hydrogen-bond acceptors (Lipinski definition) is 2. The number of hydrogen-bond donors (Lipinski definition) is 2. The largest absolute Gasteiger partial charge is 0.395 e. The molecule has 2 rings (SSSR count). The zero-order chi connectivity index (χ0) is 9.97. The molecule has 2 N–H and O–H groups in total. The SMILES string of the molecule is OC[C@H]1NCC[C@H]1c1ccc(Br)cc1. The molecule has 1 aliphatic heterocycles. The van der Waals surface area contributed by atoms with Gasteiger partial charge in [-0.1, -0.05) is 28.1 Å². The highest BCUT2D eigenvalue weighted by molar-refractivity contribution is 9.10. The van der Waals surface area contributed by atoms with Gasteiger partial charge in [-0.3, -0.25) is 0 Å². The Kier molecular flexibility index (Phi) is 3.21. The van der Waals surface area contributed by atoms with Crippen LogP contribution in [0.5, 0.6) is 0 Å². The number of benzene rings is 1. The van der Waals surface area contributed by atoms with Gasteiger partial charge >= 0.3 is 0 Å². The van der Waals surface area contributed by atoms with E-state index in [1.165, 1.54) is 5.56 Å². The molecule has 0 aromatic heterocycles. The average molecular weight is 256 g/mol. The van der Waals surface area contributed by atoms with Crippen molar-refractivity contribution in [3.63, 3.8) is 0 Å². The Morgan fingerprint density at radius 3 is 2.71 bits per heavy atom. The van der Waals surface area contributed by atoms with Gasteiger partial charge in [-0.05, 0) is 30.7 Å². The molecule has 0 bridgehead atoms. The summed E-state index contributed by atoms with van der Waals surface area (Å²) in [5.74, 6) is 0.466. The Bertz CT molecular complexity index is 299. The quantitative estimate of drug-likeness (QED) is 0.846. The summed E-state index contributed by atoms with van der Waals surface area (Å²) in [4.78, 5) is 0. The number of aliphatic hydroxyl groups is 1. The van der Waals surface area contributed by atoms with E-state index in [-0.39, 0.29) is 12.6 Å². The maximum Gasteiger partial charge on any atom is 0.0590 e. The molecule has 0 amide bonds. The lowest BCUT2D eigenvalue weighted by molar-refractivity contribution is 0.245. The van der Waals surface area contributed by atoms with E-state index < -0.39 is 0 Å². The summed E-state index contributed by atoms with van der Waals surface area (Å²) in [6, 6.07) is 8.61. The minimum Gasteiger partial charge on any atom is -0.395 e. The van der Waals surface area contributed by atoms with E-state index in [2.05, 4.69) is 45.5 Å². The molecule has 0 spiro atoms. The molecule has 1 aromatic carbocycles. The van der Waals surface area contributed by atoms with E-state index in [1.54, 1.807) is 0 Å². The summed E-state index contributed by atoms with van der Waals surface area (Å²) in [6.45, 7) is 1.23. The van der Waals surface area contributed by atoms with Gasteiger partial charge in [0.15, 0.2) is 0 Å². The van der Waals surface area contributed by atoms with Gasteiger partial charge in [-0.15, -0.1) is 0 Å². The van der Waals surface area contributed by atoms with Gasteiger partial charge in [-0.2, -0.15) is 0 Å². The third-order valence-corrected chi connectivity index (χ3v) is 3.37. The smallest absolute Gasteiger partial charge is 0.0590 e. The normalized spacial score (nSPS) is 26.7. The van der Waals surface area contributed by atoms with Crippen molar-refractivity contribution in [2.75, 3.05) is 13.2 Å². The summed E-state index contributed by atoms with van der Waals surface area (Å²) >= 11 is 3.42. The fourth-order valence-corrected chi connectivity index (χ4v) is 2.33. The van der Waals surface area contributed by atoms with Crippen LogP contribution in [0.1, 0.15) is 17.9 Å². The van der Waals surface area contributed by atoms with Gasteiger partial charge in [0.05, 0.1) is 6.61 Å². The van der Waals surface area contributed by atoms with Crippen LogP contribution in [0.3, 0.4) is 0 Å². The molecule has 1 saturated heterocycles. The molecule has 0 saturated carbocycles. The third-order valence-electron chi connectivity index (χ3n) is 2.84. The number of halogens is 1. The summed E-state index contributed by atoms with van der Waals surface area (Å²) in [6.07, 6.45) is 1.12. The van der Waals surface area contributed by atoms with Crippen molar-refractivity contribution in [2.24, 2.45) is 0 Å². The van der Waals surface area contributed by atoms with Crippen molar-refractivity contribution in [1.29, 1.82) is 0 Å². The van der Waals surface area contributed by atoms with Crippen LogP contribution in [0.15, 0.2) is 28.7 Å². The van der Waals surface area contributed by atoms with Gasteiger partial charge in [0.1, 0.15) is 0 Å². The first kappa shape index (κ1) is 10.1. The van der Waals surface area contributed by atoms with Crippen molar-refractivity contribution < 1.29 is 5.11 Å².